The van der Waals surface area contributed by atoms with Gasteiger partial charge in [-0.2, -0.15) is 0 Å². The molecule has 2 fully saturated rings. The van der Waals surface area contributed by atoms with Crippen LogP contribution in [-0.2, 0) is 6.42 Å². The summed E-state index contributed by atoms with van der Waals surface area (Å²) < 4.78 is 5.67. The number of ketones is 1. The molecule has 3 heteroatoms. The molecule has 0 amide bonds. The van der Waals surface area contributed by atoms with Gasteiger partial charge in [0.2, 0.25) is 0 Å². The summed E-state index contributed by atoms with van der Waals surface area (Å²) in [5.74, 6) is 2.68. The zero-order valence-electron chi connectivity index (χ0n) is 10.8. The predicted molar refractivity (Wildman–Crippen MR) is 73.9 cm³/mol. The highest BCUT2D eigenvalue weighted by Gasteiger charge is 2.44. The molecule has 3 aliphatic rings. The summed E-state index contributed by atoms with van der Waals surface area (Å²) in [6, 6.07) is 3.74. The van der Waals surface area contributed by atoms with Crippen LogP contribution in [0.1, 0.15) is 41.6 Å². The molecule has 100 valence electrons. The lowest BCUT2D eigenvalue weighted by Crippen LogP contribution is -2.21. The number of halogens is 1. The quantitative estimate of drug-likeness (QED) is 0.766. The average molecular weight is 277 g/mol. The second-order valence-corrected chi connectivity index (χ2v) is 6.62. The van der Waals surface area contributed by atoms with E-state index in [4.69, 9.17) is 16.3 Å². The van der Waals surface area contributed by atoms with Gasteiger partial charge in [-0.15, -0.1) is 0 Å². The normalized spacial score (nSPS) is 31.3. The average Bonchev–Trinajstić information content (AvgIpc) is 3.11. The van der Waals surface area contributed by atoms with Crippen LogP contribution < -0.4 is 4.74 Å². The van der Waals surface area contributed by atoms with Crippen LogP contribution in [0.2, 0.25) is 5.02 Å². The third-order valence-corrected chi connectivity index (χ3v) is 5.31. The Bertz CT molecular complexity index is 552. The van der Waals surface area contributed by atoms with Gasteiger partial charge in [-0.3, -0.25) is 4.79 Å². The van der Waals surface area contributed by atoms with Crippen LogP contribution in [0.25, 0.3) is 0 Å². The number of benzene rings is 1. The molecule has 2 saturated carbocycles. The Hall–Kier alpha value is -1.02. The van der Waals surface area contributed by atoms with Crippen molar-refractivity contribution in [2.45, 2.75) is 32.1 Å². The van der Waals surface area contributed by atoms with E-state index in [2.05, 4.69) is 0 Å². The molecule has 4 rings (SSSR count). The van der Waals surface area contributed by atoms with E-state index in [9.17, 15) is 4.79 Å². The number of fused-ring (bicyclic) bond motifs is 3. The van der Waals surface area contributed by atoms with Gasteiger partial charge >= 0.3 is 0 Å². The summed E-state index contributed by atoms with van der Waals surface area (Å²) in [6.45, 7) is 0.673. The number of carbonyl (C=O) groups excluding carboxylic acids is 1. The lowest BCUT2D eigenvalue weighted by Gasteiger charge is -2.21. The molecule has 1 aromatic rings. The minimum absolute atomic E-state index is 0.213. The topological polar surface area (TPSA) is 26.3 Å². The van der Waals surface area contributed by atoms with Crippen molar-refractivity contribution in [2.75, 3.05) is 6.61 Å². The number of hydrogen-bond donors (Lipinski definition) is 0. The molecule has 0 N–H and O–H groups in total. The Morgan fingerprint density at radius 2 is 2.16 bits per heavy atom. The summed E-state index contributed by atoms with van der Waals surface area (Å²) in [5.41, 5.74) is 1.83. The second kappa shape index (κ2) is 4.24. The highest BCUT2D eigenvalue weighted by atomic mass is 35.5. The zero-order chi connectivity index (χ0) is 13.0. The minimum Gasteiger partial charge on any atom is -0.492 e. The highest BCUT2D eigenvalue weighted by molar-refractivity contribution is 6.31. The van der Waals surface area contributed by atoms with Crippen LogP contribution in [0.4, 0.5) is 0 Å². The maximum atomic E-state index is 12.8. The number of Topliss-reactive ketones (excluding diaryl/α,β-unsaturated/α-hetero) is 1. The second-order valence-electron chi connectivity index (χ2n) is 6.19. The number of carbonyl (C=O) groups is 1. The van der Waals surface area contributed by atoms with E-state index < -0.39 is 0 Å². The van der Waals surface area contributed by atoms with Crippen molar-refractivity contribution in [1.29, 1.82) is 0 Å². The van der Waals surface area contributed by atoms with Crippen molar-refractivity contribution in [2.24, 2.45) is 17.8 Å². The van der Waals surface area contributed by atoms with E-state index in [1.54, 1.807) is 6.07 Å². The monoisotopic (exact) mass is 276 g/mol. The smallest absolute Gasteiger partial charge is 0.170 e. The van der Waals surface area contributed by atoms with Gasteiger partial charge in [0.1, 0.15) is 5.75 Å². The third kappa shape index (κ3) is 1.80. The molecule has 2 aliphatic carbocycles. The van der Waals surface area contributed by atoms with E-state index in [0.717, 1.165) is 35.6 Å². The maximum absolute atomic E-state index is 12.8. The molecule has 1 aromatic carbocycles. The largest absolute Gasteiger partial charge is 0.492 e. The van der Waals surface area contributed by atoms with Crippen molar-refractivity contribution in [1.82, 2.24) is 0 Å². The molecule has 19 heavy (non-hydrogen) atoms. The fourth-order valence-electron chi connectivity index (χ4n) is 4.22. The fraction of sp³-hybridized carbons (Fsp3) is 0.562. The summed E-state index contributed by atoms with van der Waals surface area (Å²) in [6.07, 6.45) is 5.74. The highest BCUT2D eigenvalue weighted by Crippen LogP contribution is 2.50. The minimum atomic E-state index is 0.213. The molecule has 0 aromatic heterocycles. The molecule has 0 spiro atoms. The first-order chi connectivity index (χ1) is 9.22. The van der Waals surface area contributed by atoms with Gasteiger partial charge in [0, 0.05) is 17.4 Å². The molecular formula is C16H17ClO2. The molecule has 0 saturated heterocycles. The van der Waals surface area contributed by atoms with Crippen molar-refractivity contribution >= 4 is 17.4 Å². The maximum Gasteiger partial charge on any atom is 0.170 e. The SMILES string of the molecule is O=C(c1cc(Cl)cc2c1OCC2)C1CC2CCC1C2. The number of hydrogen-bond acceptors (Lipinski definition) is 2. The number of rotatable bonds is 2. The standard InChI is InChI=1S/C16H17ClO2/c17-12-7-11-3-4-19-16(11)14(8-12)15(18)13-6-9-1-2-10(13)5-9/h7-10,13H,1-6H2. The molecule has 1 heterocycles. The van der Waals surface area contributed by atoms with Gasteiger partial charge in [-0.1, -0.05) is 18.0 Å². The number of ether oxygens (including phenoxy) is 1. The summed E-state index contributed by atoms with van der Waals surface area (Å²) >= 11 is 6.15. The van der Waals surface area contributed by atoms with Gasteiger partial charge in [0.15, 0.2) is 5.78 Å². The van der Waals surface area contributed by atoms with E-state index in [-0.39, 0.29) is 11.7 Å². The molecule has 3 atom stereocenters. The molecule has 0 radical (unpaired) electrons. The Labute approximate surface area is 118 Å². The predicted octanol–water partition coefficient (Wildman–Crippen LogP) is 3.89. The Morgan fingerprint density at radius 1 is 1.26 bits per heavy atom. The van der Waals surface area contributed by atoms with E-state index in [0.29, 0.717) is 17.5 Å². The lowest BCUT2D eigenvalue weighted by atomic mass is 9.83. The first kappa shape index (κ1) is 11.8. The van der Waals surface area contributed by atoms with Crippen LogP contribution in [0.5, 0.6) is 5.75 Å². The van der Waals surface area contributed by atoms with E-state index in [1.807, 2.05) is 6.07 Å². The van der Waals surface area contributed by atoms with Crippen molar-refractivity contribution in [3.05, 3.63) is 28.3 Å². The lowest BCUT2D eigenvalue weighted by molar-refractivity contribution is 0.0871. The van der Waals surface area contributed by atoms with Gasteiger partial charge in [-0.05, 0) is 48.8 Å². The first-order valence-corrected chi connectivity index (χ1v) is 7.59. The van der Waals surface area contributed by atoms with E-state index >= 15 is 0 Å². The summed E-state index contributed by atoms with van der Waals surface area (Å²) in [5, 5.41) is 0.663. The van der Waals surface area contributed by atoms with Crippen LogP contribution in [-0.4, -0.2) is 12.4 Å². The summed E-state index contributed by atoms with van der Waals surface area (Å²) in [4.78, 5) is 12.8. The van der Waals surface area contributed by atoms with Crippen LogP contribution in [0.15, 0.2) is 12.1 Å². The Morgan fingerprint density at radius 3 is 2.89 bits per heavy atom. The molecule has 2 bridgehead atoms. The van der Waals surface area contributed by atoms with Gasteiger partial charge in [0.25, 0.3) is 0 Å². The Balaban J connectivity index is 1.71. The Kier molecular flexibility index (Phi) is 2.63. The third-order valence-electron chi connectivity index (χ3n) is 5.09. The van der Waals surface area contributed by atoms with Crippen LogP contribution in [0.3, 0.4) is 0 Å². The molecule has 2 nitrogen and oxygen atoms in total. The van der Waals surface area contributed by atoms with Crippen molar-refractivity contribution < 1.29 is 9.53 Å². The van der Waals surface area contributed by atoms with Crippen molar-refractivity contribution in [3.8, 4) is 5.75 Å². The van der Waals surface area contributed by atoms with Gasteiger partial charge in [0.05, 0.1) is 12.2 Å². The fourth-order valence-corrected chi connectivity index (χ4v) is 4.46. The van der Waals surface area contributed by atoms with Crippen molar-refractivity contribution in [3.63, 3.8) is 0 Å². The van der Waals surface area contributed by atoms with Crippen LogP contribution in [0, 0.1) is 17.8 Å². The first-order valence-electron chi connectivity index (χ1n) is 7.22. The zero-order valence-corrected chi connectivity index (χ0v) is 11.6. The van der Waals surface area contributed by atoms with Gasteiger partial charge < -0.3 is 4.74 Å². The molecular weight excluding hydrogens is 260 g/mol. The molecule has 1 aliphatic heterocycles. The van der Waals surface area contributed by atoms with Crippen LogP contribution >= 0.6 is 11.6 Å². The van der Waals surface area contributed by atoms with Gasteiger partial charge in [-0.25, -0.2) is 0 Å². The van der Waals surface area contributed by atoms with E-state index in [1.165, 1.54) is 19.3 Å². The molecule has 3 unspecified atom stereocenters. The summed E-state index contributed by atoms with van der Waals surface area (Å²) in [7, 11) is 0.